The SMILES string of the molecule is CCOc1ccc(/C=N\NC(=O)c2nc(-c3ccccc3)sc2C)cc1OC. The largest absolute Gasteiger partial charge is 0.493 e. The summed E-state index contributed by atoms with van der Waals surface area (Å²) in [6, 6.07) is 15.2. The van der Waals surface area contributed by atoms with Gasteiger partial charge in [-0.3, -0.25) is 4.79 Å². The lowest BCUT2D eigenvalue weighted by Crippen LogP contribution is -2.18. The van der Waals surface area contributed by atoms with E-state index < -0.39 is 0 Å². The number of nitrogens with zero attached hydrogens (tertiary/aromatic N) is 2. The summed E-state index contributed by atoms with van der Waals surface area (Å²) in [5.74, 6) is 0.933. The van der Waals surface area contributed by atoms with Gasteiger partial charge in [-0.2, -0.15) is 5.10 Å². The minimum Gasteiger partial charge on any atom is -0.493 e. The number of thiazole rings is 1. The molecule has 1 heterocycles. The summed E-state index contributed by atoms with van der Waals surface area (Å²) in [7, 11) is 1.58. The number of ether oxygens (including phenoxy) is 2. The standard InChI is InChI=1S/C21H21N3O3S/c1-4-27-17-11-10-15(12-18(17)26-3)13-22-24-20(25)19-14(2)28-21(23-19)16-8-6-5-7-9-16/h5-13H,4H2,1-3H3,(H,24,25)/b22-13-. The van der Waals surface area contributed by atoms with Gasteiger partial charge in [0.15, 0.2) is 11.5 Å². The minimum absolute atomic E-state index is 0.343. The molecule has 2 aromatic carbocycles. The fraction of sp³-hybridized carbons (Fsp3) is 0.190. The van der Waals surface area contributed by atoms with Crippen molar-refractivity contribution in [1.29, 1.82) is 0 Å². The summed E-state index contributed by atoms with van der Waals surface area (Å²) in [5, 5.41) is 4.84. The molecule has 28 heavy (non-hydrogen) atoms. The molecule has 0 fully saturated rings. The Hall–Kier alpha value is -3.19. The van der Waals surface area contributed by atoms with Crippen molar-refractivity contribution in [1.82, 2.24) is 10.4 Å². The van der Waals surface area contributed by atoms with E-state index in [9.17, 15) is 4.79 Å². The molecule has 0 bridgehead atoms. The highest BCUT2D eigenvalue weighted by molar-refractivity contribution is 7.15. The van der Waals surface area contributed by atoms with E-state index in [4.69, 9.17) is 9.47 Å². The van der Waals surface area contributed by atoms with Crippen LogP contribution in [0.2, 0.25) is 0 Å². The van der Waals surface area contributed by atoms with Crippen molar-refractivity contribution >= 4 is 23.5 Å². The van der Waals surface area contributed by atoms with Crippen molar-refractivity contribution < 1.29 is 14.3 Å². The average Bonchev–Trinajstić information content (AvgIpc) is 3.11. The molecule has 3 rings (SSSR count). The van der Waals surface area contributed by atoms with Crippen molar-refractivity contribution in [3.05, 3.63) is 64.7 Å². The zero-order valence-corrected chi connectivity index (χ0v) is 16.7. The predicted molar refractivity (Wildman–Crippen MR) is 112 cm³/mol. The third-order valence-corrected chi connectivity index (χ3v) is 4.92. The molecule has 0 spiro atoms. The van der Waals surface area contributed by atoms with Crippen LogP contribution in [0, 0.1) is 6.92 Å². The molecule has 0 aliphatic carbocycles. The molecule has 1 aromatic heterocycles. The summed E-state index contributed by atoms with van der Waals surface area (Å²) in [5.41, 5.74) is 4.68. The molecule has 1 amide bonds. The van der Waals surface area contributed by atoms with Crippen LogP contribution in [0.1, 0.15) is 27.9 Å². The number of methoxy groups -OCH3 is 1. The summed E-state index contributed by atoms with van der Waals surface area (Å²) >= 11 is 1.48. The number of hydrazone groups is 1. The average molecular weight is 395 g/mol. The van der Waals surface area contributed by atoms with Crippen molar-refractivity contribution in [3.8, 4) is 22.1 Å². The van der Waals surface area contributed by atoms with Gasteiger partial charge in [0.25, 0.3) is 5.91 Å². The van der Waals surface area contributed by atoms with Crippen LogP contribution in [0.4, 0.5) is 0 Å². The van der Waals surface area contributed by atoms with Crippen LogP contribution in [0.25, 0.3) is 10.6 Å². The lowest BCUT2D eigenvalue weighted by Gasteiger charge is -2.09. The second-order valence-electron chi connectivity index (χ2n) is 5.83. The van der Waals surface area contributed by atoms with Gasteiger partial charge in [0.1, 0.15) is 10.7 Å². The number of carbonyl (C=O) groups is 1. The van der Waals surface area contributed by atoms with E-state index in [1.807, 2.05) is 56.3 Å². The van der Waals surface area contributed by atoms with Crippen LogP contribution < -0.4 is 14.9 Å². The van der Waals surface area contributed by atoms with Gasteiger partial charge in [-0.05, 0) is 37.6 Å². The third-order valence-electron chi connectivity index (χ3n) is 3.90. The summed E-state index contributed by atoms with van der Waals surface area (Å²) in [4.78, 5) is 17.7. The molecule has 3 aromatic rings. The van der Waals surface area contributed by atoms with Crippen molar-refractivity contribution in [3.63, 3.8) is 0 Å². The van der Waals surface area contributed by atoms with E-state index in [1.54, 1.807) is 19.4 Å². The number of hydrogen-bond donors (Lipinski definition) is 1. The number of rotatable bonds is 7. The number of hydrogen-bond acceptors (Lipinski definition) is 6. The maximum absolute atomic E-state index is 12.4. The van der Waals surface area contributed by atoms with Crippen molar-refractivity contribution in [2.24, 2.45) is 5.10 Å². The van der Waals surface area contributed by atoms with Crippen LogP contribution in [0.5, 0.6) is 11.5 Å². The number of amides is 1. The van der Waals surface area contributed by atoms with E-state index in [-0.39, 0.29) is 5.91 Å². The van der Waals surface area contributed by atoms with Gasteiger partial charge in [-0.15, -0.1) is 11.3 Å². The smallest absolute Gasteiger partial charge is 0.291 e. The Morgan fingerprint density at radius 3 is 2.71 bits per heavy atom. The fourth-order valence-electron chi connectivity index (χ4n) is 2.57. The normalized spacial score (nSPS) is 10.8. The molecule has 1 N–H and O–H groups in total. The Bertz CT molecular complexity index is 984. The summed E-state index contributed by atoms with van der Waals surface area (Å²) < 4.78 is 10.8. The second-order valence-corrected chi connectivity index (χ2v) is 7.04. The molecule has 144 valence electrons. The molecule has 0 saturated carbocycles. The number of carbonyl (C=O) groups excluding carboxylic acids is 1. The van der Waals surface area contributed by atoms with Crippen LogP contribution in [-0.2, 0) is 0 Å². The Kier molecular flexibility index (Phi) is 6.39. The fourth-order valence-corrected chi connectivity index (χ4v) is 3.48. The minimum atomic E-state index is -0.343. The Balaban J connectivity index is 1.70. The number of benzene rings is 2. The lowest BCUT2D eigenvalue weighted by atomic mass is 10.2. The monoisotopic (exact) mass is 395 g/mol. The highest BCUT2D eigenvalue weighted by atomic mass is 32.1. The molecule has 6 nitrogen and oxygen atoms in total. The van der Waals surface area contributed by atoms with E-state index >= 15 is 0 Å². The topological polar surface area (TPSA) is 72.8 Å². The summed E-state index contributed by atoms with van der Waals surface area (Å²) in [6.45, 7) is 4.34. The highest BCUT2D eigenvalue weighted by Crippen LogP contribution is 2.28. The summed E-state index contributed by atoms with van der Waals surface area (Å²) in [6.07, 6.45) is 1.55. The van der Waals surface area contributed by atoms with Gasteiger partial charge in [0.2, 0.25) is 0 Å². The third kappa shape index (κ3) is 4.55. The first-order valence-corrected chi connectivity index (χ1v) is 9.61. The first kappa shape index (κ1) is 19.6. The zero-order valence-electron chi connectivity index (χ0n) is 15.9. The number of aromatic nitrogens is 1. The second kappa shape index (κ2) is 9.14. The maximum Gasteiger partial charge on any atom is 0.291 e. The molecule has 0 radical (unpaired) electrons. The zero-order chi connectivity index (χ0) is 19.9. The van der Waals surface area contributed by atoms with Crippen molar-refractivity contribution in [2.75, 3.05) is 13.7 Å². The van der Waals surface area contributed by atoms with Gasteiger partial charge in [-0.1, -0.05) is 30.3 Å². The van der Waals surface area contributed by atoms with Crippen molar-refractivity contribution in [2.45, 2.75) is 13.8 Å². The first-order valence-electron chi connectivity index (χ1n) is 8.79. The molecule has 0 saturated heterocycles. The Morgan fingerprint density at radius 2 is 2.00 bits per heavy atom. The van der Waals surface area contributed by atoms with Gasteiger partial charge < -0.3 is 9.47 Å². The molecule has 0 aliphatic heterocycles. The van der Waals surface area contributed by atoms with E-state index in [0.29, 0.717) is 23.8 Å². The van der Waals surface area contributed by atoms with E-state index in [1.165, 1.54) is 11.3 Å². The van der Waals surface area contributed by atoms with Crippen LogP contribution >= 0.6 is 11.3 Å². The van der Waals surface area contributed by atoms with Crippen LogP contribution in [0.3, 0.4) is 0 Å². The maximum atomic E-state index is 12.4. The molecule has 0 atom stereocenters. The predicted octanol–water partition coefficient (Wildman–Crippen LogP) is 4.29. The Labute approximate surface area is 167 Å². The quantitative estimate of drug-likeness (QED) is 0.478. The van der Waals surface area contributed by atoms with Crippen LogP contribution in [-0.4, -0.2) is 30.8 Å². The molecular weight excluding hydrogens is 374 g/mol. The van der Waals surface area contributed by atoms with Gasteiger partial charge in [0, 0.05) is 10.4 Å². The Morgan fingerprint density at radius 1 is 1.21 bits per heavy atom. The van der Waals surface area contributed by atoms with Gasteiger partial charge in [-0.25, -0.2) is 10.4 Å². The number of nitrogens with one attached hydrogen (secondary N) is 1. The highest BCUT2D eigenvalue weighted by Gasteiger charge is 2.15. The molecule has 7 heteroatoms. The number of aryl methyl sites for hydroxylation is 1. The van der Waals surface area contributed by atoms with Gasteiger partial charge in [0.05, 0.1) is 19.9 Å². The first-order chi connectivity index (χ1) is 13.6. The van der Waals surface area contributed by atoms with E-state index in [2.05, 4.69) is 15.5 Å². The molecule has 0 unspecified atom stereocenters. The molecular formula is C21H21N3O3S. The van der Waals surface area contributed by atoms with E-state index in [0.717, 1.165) is 21.0 Å². The van der Waals surface area contributed by atoms with Crippen LogP contribution in [0.15, 0.2) is 53.6 Å². The lowest BCUT2D eigenvalue weighted by molar-refractivity contribution is 0.0950. The van der Waals surface area contributed by atoms with Gasteiger partial charge >= 0.3 is 0 Å². The molecule has 0 aliphatic rings.